The van der Waals surface area contributed by atoms with Crippen molar-refractivity contribution < 1.29 is 5.11 Å². The van der Waals surface area contributed by atoms with Crippen LogP contribution in [0.5, 0.6) is 0 Å². The van der Waals surface area contributed by atoms with Crippen LogP contribution in [-0.2, 0) is 0 Å². The summed E-state index contributed by atoms with van der Waals surface area (Å²) in [6.45, 7) is 11.2. The molecular formula is C12H27NO. The van der Waals surface area contributed by atoms with Gasteiger partial charge in [0.15, 0.2) is 0 Å². The quantitative estimate of drug-likeness (QED) is 0.591. The molecule has 0 amide bonds. The van der Waals surface area contributed by atoms with Crippen molar-refractivity contribution >= 4 is 0 Å². The van der Waals surface area contributed by atoms with Gasteiger partial charge in [0.05, 0.1) is 0 Å². The molecule has 0 fully saturated rings. The first-order valence-corrected chi connectivity index (χ1v) is 5.79. The maximum atomic E-state index is 9.05. The average molecular weight is 201 g/mol. The summed E-state index contributed by atoms with van der Waals surface area (Å²) in [6.07, 6.45) is 3.51. The topological polar surface area (TPSA) is 32.3 Å². The van der Waals surface area contributed by atoms with Gasteiger partial charge in [0.25, 0.3) is 0 Å². The normalized spacial score (nSPS) is 12.4. The Labute approximate surface area is 89.1 Å². The zero-order chi connectivity index (χ0) is 11.0. The van der Waals surface area contributed by atoms with Crippen LogP contribution in [0, 0.1) is 11.3 Å². The van der Waals surface area contributed by atoms with E-state index in [1.165, 1.54) is 6.42 Å². The molecule has 86 valence electrons. The van der Waals surface area contributed by atoms with E-state index in [0.29, 0.717) is 6.61 Å². The monoisotopic (exact) mass is 201 g/mol. The molecule has 2 nitrogen and oxygen atoms in total. The number of rotatable bonds is 8. The lowest BCUT2D eigenvalue weighted by atomic mass is 9.89. The van der Waals surface area contributed by atoms with Crippen molar-refractivity contribution in [3.8, 4) is 0 Å². The summed E-state index contributed by atoms with van der Waals surface area (Å²) in [4.78, 5) is 0. The summed E-state index contributed by atoms with van der Waals surface area (Å²) in [6, 6.07) is 0. The molecular weight excluding hydrogens is 174 g/mol. The van der Waals surface area contributed by atoms with E-state index in [-0.39, 0.29) is 5.41 Å². The third-order valence-corrected chi connectivity index (χ3v) is 2.53. The number of aliphatic hydroxyl groups excluding tert-OH is 1. The van der Waals surface area contributed by atoms with Gasteiger partial charge in [-0.05, 0) is 43.7 Å². The van der Waals surface area contributed by atoms with Crippen molar-refractivity contribution in [3.63, 3.8) is 0 Å². The SMILES string of the molecule is CC(C)CCNCCCC(C)(C)CO. The largest absolute Gasteiger partial charge is 0.396 e. The van der Waals surface area contributed by atoms with Gasteiger partial charge in [0, 0.05) is 6.61 Å². The van der Waals surface area contributed by atoms with Crippen LogP contribution in [0.1, 0.15) is 47.0 Å². The fraction of sp³-hybridized carbons (Fsp3) is 1.00. The van der Waals surface area contributed by atoms with Gasteiger partial charge in [-0.15, -0.1) is 0 Å². The van der Waals surface area contributed by atoms with E-state index in [9.17, 15) is 0 Å². The molecule has 0 bridgehead atoms. The van der Waals surface area contributed by atoms with Gasteiger partial charge in [-0.2, -0.15) is 0 Å². The van der Waals surface area contributed by atoms with E-state index >= 15 is 0 Å². The summed E-state index contributed by atoms with van der Waals surface area (Å²) in [5.74, 6) is 0.788. The van der Waals surface area contributed by atoms with E-state index in [1.807, 2.05) is 0 Å². The van der Waals surface area contributed by atoms with Crippen molar-refractivity contribution in [1.82, 2.24) is 5.32 Å². The highest BCUT2D eigenvalue weighted by Crippen LogP contribution is 2.20. The lowest BCUT2D eigenvalue weighted by Gasteiger charge is -2.21. The van der Waals surface area contributed by atoms with Crippen molar-refractivity contribution in [1.29, 1.82) is 0 Å². The number of nitrogens with one attached hydrogen (secondary N) is 1. The maximum absolute atomic E-state index is 9.05. The molecule has 14 heavy (non-hydrogen) atoms. The van der Waals surface area contributed by atoms with Crippen LogP contribution in [-0.4, -0.2) is 24.8 Å². The van der Waals surface area contributed by atoms with Gasteiger partial charge in [0.1, 0.15) is 0 Å². The summed E-state index contributed by atoms with van der Waals surface area (Å²) in [5, 5.41) is 12.5. The minimum Gasteiger partial charge on any atom is -0.396 e. The lowest BCUT2D eigenvalue weighted by Crippen LogP contribution is -2.22. The highest BCUT2D eigenvalue weighted by atomic mass is 16.3. The Morgan fingerprint density at radius 3 is 2.36 bits per heavy atom. The van der Waals surface area contributed by atoms with Gasteiger partial charge in [0.2, 0.25) is 0 Å². The molecule has 0 aromatic heterocycles. The zero-order valence-electron chi connectivity index (χ0n) is 10.3. The average Bonchev–Trinajstić information content (AvgIpc) is 2.10. The molecule has 0 aromatic rings. The highest BCUT2D eigenvalue weighted by Gasteiger charge is 2.14. The molecule has 0 aliphatic carbocycles. The highest BCUT2D eigenvalue weighted by molar-refractivity contribution is 4.67. The second-order valence-corrected chi connectivity index (χ2v) is 5.36. The van der Waals surface area contributed by atoms with Crippen molar-refractivity contribution in [3.05, 3.63) is 0 Å². The van der Waals surface area contributed by atoms with Crippen LogP contribution in [0.25, 0.3) is 0 Å². The Bertz CT molecular complexity index is 132. The minimum atomic E-state index is 0.0970. The second kappa shape index (κ2) is 7.24. The van der Waals surface area contributed by atoms with E-state index in [2.05, 4.69) is 33.0 Å². The van der Waals surface area contributed by atoms with Crippen LogP contribution in [0.15, 0.2) is 0 Å². The number of hydrogen-bond donors (Lipinski definition) is 2. The Morgan fingerprint density at radius 2 is 1.86 bits per heavy atom. The summed E-state index contributed by atoms with van der Waals surface area (Å²) in [7, 11) is 0. The van der Waals surface area contributed by atoms with Gasteiger partial charge in [-0.25, -0.2) is 0 Å². The molecule has 0 aromatic carbocycles. The van der Waals surface area contributed by atoms with Gasteiger partial charge in [-0.1, -0.05) is 27.7 Å². The fourth-order valence-electron chi connectivity index (χ4n) is 1.29. The van der Waals surface area contributed by atoms with Crippen LogP contribution in [0.2, 0.25) is 0 Å². The molecule has 0 atom stereocenters. The molecule has 0 aliphatic rings. The predicted molar refractivity (Wildman–Crippen MR) is 62.4 cm³/mol. The third-order valence-electron chi connectivity index (χ3n) is 2.53. The predicted octanol–water partition coefficient (Wildman–Crippen LogP) is 2.42. The molecule has 0 aliphatic heterocycles. The Hall–Kier alpha value is -0.0800. The first-order valence-electron chi connectivity index (χ1n) is 5.79. The fourth-order valence-corrected chi connectivity index (χ4v) is 1.29. The molecule has 0 saturated heterocycles. The summed E-state index contributed by atoms with van der Waals surface area (Å²) in [5.41, 5.74) is 0.0970. The molecule has 2 N–H and O–H groups in total. The summed E-state index contributed by atoms with van der Waals surface area (Å²) < 4.78 is 0. The van der Waals surface area contributed by atoms with Gasteiger partial charge >= 0.3 is 0 Å². The Balaban J connectivity index is 3.21. The first-order chi connectivity index (χ1) is 6.48. The zero-order valence-corrected chi connectivity index (χ0v) is 10.3. The first kappa shape index (κ1) is 13.9. The van der Waals surface area contributed by atoms with Crippen LogP contribution in [0.3, 0.4) is 0 Å². The Kier molecular flexibility index (Phi) is 7.20. The van der Waals surface area contributed by atoms with Crippen LogP contribution >= 0.6 is 0 Å². The van der Waals surface area contributed by atoms with E-state index in [4.69, 9.17) is 5.11 Å². The van der Waals surface area contributed by atoms with Crippen molar-refractivity contribution in [2.24, 2.45) is 11.3 Å². The van der Waals surface area contributed by atoms with Crippen molar-refractivity contribution in [2.75, 3.05) is 19.7 Å². The van der Waals surface area contributed by atoms with Gasteiger partial charge in [-0.3, -0.25) is 0 Å². The molecule has 0 spiro atoms. The molecule has 0 rings (SSSR count). The van der Waals surface area contributed by atoms with E-state index in [1.54, 1.807) is 0 Å². The molecule has 0 unspecified atom stereocenters. The maximum Gasteiger partial charge on any atom is 0.0482 e. The van der Waals surface area contributed by atoms with Crippen LogP contribution < -0.4 is 5.32 Å². The Morgan fingerprint density at radius 1 is 1.21 bits per heavy atom. The molecule has 0 radical (unpaired) electrons. The molecule has 0 heterocycles. The standard InChI is InChI=1S/C12H27NO/c1-11(2)6-9-13-8-5-7-12(3,4)10-14/h11,13-14H,5-10H2,1-4H3. The summed E-state index contributed by atoms with van der Waals surface area (Å²) >= 11 is 0. The molecule has 2 heteroatoms. The third kappa shape index (κ3) is 8.52. The van der Waals surface area contributed by atoms with E-state index < -0.39 is 0 Å². The van der Waals surface area contributed by atoms with E-state index in [0.717, 1.165) is 31.8 Å². The van der Waals surface area contributed by atoms with Gasteiger partial charge < -0.3 is 10.4 Å². The number of aliphatic hydroxyl groups is 1. The second-order valence-electron chi connectivity index (χ2n) is 5.36. The number of hydrogen-bond acceptors (Lipinski definition) is 2. The van der Waals surface area contributed by atoms with Crippen molar-refractivity contribution in [2.45, 2.75) is 47.0 Å². The van der Waals surface area contributed by atoms with Crippen LogP contribution in [0.4, 0.5) is 0 Å². The molecule has 0 saturated carbocycles. The lowest BCUT2D eigenvalue weighted by molar-refractivity contribution is 0.148. The smallest absolute Gasteiger partial charge is 0.0482 e. The minimum absolute atomic E-state index is 0.0970.